The van der Waals surface area contributed by atoms with Crippen LogP contribution < -0.4 is 24.8 Å². The molecule has 1 aliphatic heterocycles. The zero-order chi connectivity index (χ0) is 24.7. The Labute approximate surface area is 202 Å². The molecule has 10 heteroatoms. The largest absolute Gasteiger partial charge is 0.493 e. The molecule has 9 nitrogen and oxygen atoms in total. The molecule has 1 amide bonds. The summed E-state index contributed by atoms with van der Waals surface area (Å²) in [6, 6.07) is 12.0. The van der Waals surface area contributed by atoms with Crippen LogP contribution in [0.3, 0.4) is 0 Å². The minimum Gasteiger partial charge on any atom is -0.493 e. The summed E-state index contributed by atoms with van der Waals surface area (Å²) in [6.45, 7) is 1.79. The summed E-state index contributed by atoms with van der Waals surface area (Å²) in [5, 5.41) is 15.5. The number of benzene rings is 2. The molecule has 0 radical (unpaired) electrons. The van der Waals surface area contributed by atoms with Gasteiger partial charge in [0.15, 0.2) is 16.7 Å². The molecular formula is C24H27N3O6S. The number of amidine groups is 1. The Morgan fingerprint density at radius 3 is 2.29 bits per heavy atom. The van der Waals surface area contributed by atoms with Crippen LogP contribution in [0.5, 0.6) is 17.2 Å². The highest BCUT2D eigenvalue weighted by Crippen LogP contribution is 2.43. The smallest absolute Gasteiger partial charge is 0.304 e. The molecule has 3 rings (SSSR count). The number of ether oxygens (including phenoxy) is 3. The van der Waals surface area contributed by atoms with E-state index < -0.39 is 12.0 Å². The highest BCUT2D eigenvalue weighted by atomic mass is 32.2. The van der Waals surface area contributed by atoms with Crippen molar-refractivity contribution in [1.82, 2.24) is 5.32 Å². The lowest BCUT2D eigenvalue weighted by Crippen LogP contribution is -2.32. The van der Waals surface area contributed by atoms with Crippen LogP contribution >= 0.6 is 11.8 Å². The van der Waals surface area contributed by atoms with Crippen molar-refractivity contribution < 1.29 is 28.9 Å². The number of aliphatic carboxylic acids is 1. The van der Waals surface area contributed by atoms with Crippen LogP contribution in [-0.2, 0) is 9.59 Å². The minimum absolute atomic E-state index is 0.00960. The van der Waals surface area contributed by atoms with Crippen molar-refractivity contribution in [2.24, 2.45) is 4.99 Å². The second-order valence-electron chi connectivity index (χ2n) is 7.27. The summed E-state index contributed by atoms with van der Waals surface area (Å²) in [5.41, 5.74) is 2.34. The van der Waals surface area contributed by atoms with Gasteiger partial charge in [-0.3, -0.25) is 9.59 Å². The number of hydrogen-bond acceptors (Lipinski definition) is 8. The SMILES string of the molecule is COc1cc([C@H]2N=C(SCCC(=O)O)NC(C)=C2C(=O)Nc2ccccc2)cc(OC)c1OC. The third kappa shape index (κ3) is 5.82. The molecule has 0 fully saturated rings. The second kappa shape index (κ2) is 11.5. The number of nitrogens with zero attached hydrogens (tertiary/aromatic N) is 1. The fraction of sp³-hybridized carbons (Fsp3) is 0.292. The van der Waals surface area contributed by atoms with E-state index in [4.69, 9.17) is 24.3 Å². The van der Waals surface area contributed by atoms with Gasteiger partial charge in [0.05, 0.1) is 33.3 Å². The van der Waals surface area contributed by atoms with Gasteiger partial charge < -0.3 is 30.0 Å². The number of carboxylic acid groups (broad SMARTS) is 1. The number of anilines is 1. The number of carboxylic acids is 1. The Morgan fingerprint density at radius 1 is 1.09 bits per heavy atom. The van der Waals surface area contributed by atoms with Crippen LogP contribution in [0.25, 0.3) is 0 Å². The second-order valence-corrected chi connectivity index (χ2v) is 8.36. The van der Waals surface area contributed by atoms with Gasteiger partial charge in [-0.25, -0.2) is 4.99 Å². The van der Waals surface area contributed by atoms with Gasteiger partial charge >= 0.3 is 5.97 Å². The Bertz CT molecular complexity index is 1090. The fourth-order valence-electron chi connectivity index (χ4n) is 3.47. The third-order valence-electron chi connectivity index (χ3n) is 5.05. The van der Waals surface area contributed by atoms with Gasteiger partial charge in [-0.2, -0.15) is 0 Å². The molecule has 2 aromatic rings. The maximum Gasteiger partial charge on any atom is 0.304 e. The summed E-state index contributed by atoms with van der Waals surface area (Å²) in [7, 11) is 4.55. The molecule has 0 unspecified atom stereocenters. The lowest BCUT2D eigenvalue weighted by atomic mass is 9.95. The standard InChI is InChI=1S/C24H27N3O6S/c1-14-20(23(30)26-16-8-6-5-7-9-16)21(27-24(25-14)34-11-10-19(28)29)15-12-17(31-2)22(33-4)18(13-15)32-3/h5-9,12-13,21H,10-11H2,1-4H3,(H,25,27)(H,26,30)(H,28,29)/t21-/m1/s1. The van der Waals surface area contributed by atoms with Gasteiger partial charge in [-0.15, -0.1) is 0 Å². The number of nitrogens with one attached hydrogen (secondary N) is 2. The first kappa shape index (κ1) is 25.0. The number of allylic oxidation sites excluding steroid dienone is 1. The average molecular weight is 486 g/mol. The summed E-state index contributed by atoms with van der Waals surface area (Å²) < 4.78 is 16.4. The van der Waals surface area contributed by atoms with Crippen molar-refractivity contribution in [2.45, 2.75) is 19.4 Å². The molecule has 2 aromatic carbocycles. The van der Waals surface area contributed by atoms with Crippen LogP contribution in [0.1, 0.15) is 24.9 Å². The molecule has 0 saturated heterocycles. The lowest BCUT2D eigenvalue weighted by molar-refractivity contribution is -0.136. The third-order valence-corrected chi connectivity index (χ3v) is 5.94. The molecular weight excluding hydrogens is 458 g/mol. The van der Waals surface area contributed by atoms with E-state index in [9.17, 15) is 9.59 Å². The van der Waals surface area contributed by atoms with Crippen molar-refractivity contribution in [3.05, 3.63) is 59.3 Å². The number of para-hydroxylation sites is 1. The van der Waals surface area contributed by atoms with Gasteiger partial charge in [0.1, 0.15) is 6.04 Å². The number of methoxy groups -OCH3 is 3. The molecule has 0 aromatic heterocycles. The van der Waals surface area contributed by atoms with Crippen molar-refractivity contribution >= 4 is 34.5 Å². The van der Waals surface area contributed by atoms with E-state index in [2.05, 4.69) is 10.6 Å². The Kier molecular flexibility index (Phi) is 8.42. The van der Waals surface area contributed by atoms with Crippen LogP contribution in [0.15, 0.2) is 58.7 Å². The topological polar surface area (TPSA) is 118 Å². The van der Waals surface area contributed by atoms with E-state index in [1.54, 1.807) is 31.2 Å². The molecule has 0 saturated carbocycles. The number of carbonyl (C=O) groups excluding carboxylic acids is 1. The summed E-state index contributed by atoms with van der Waals surface area (Å²) in [5.74, 6) is 0.437. The van der Waals surface area contributed by atoms with Crippen LogP contribution in [0.2, 0.25) is 0 Å². The van der Waals surface area contributed by atoms with Crippen LogP contribution in [0.4, 0.5) is 5.69 Å². The number of amides is 1. The van der Waals surface area contributed by atoms with E-state index in [-0.39, 0.29) is 12.3 Å². The Hall–Kier alpha value is -3.66. The van der Waals surface area contributed by atoms with E-state index in [0.717, 1.165) is 0 Å². The van der Waals surface area contributed by atoms with E-state index >= 15 is 0 Å². The summed E-state index contributed by atoms with van der Waals surface area (Å²) >= 11 is 1.28. The molecule has 1 heterocycles. The van der Waals surface area contributed by atoms with Crippen molar-refractivity contribution in [3.63, 3.8) is 0 Å². The average Bonchev–Trinajstić information content (AvgIpc) is 2.82. The normalized spacial score (nSPS) is 15.2. The predicted molar refractivity (Wildman–Crippen MR) is 132 cm³/mol. The predicted octanol–water partition coefficient (Wildman–Crippen LogP) is 3.83. The number of carbonyl (C=O) groups is 2. The first-order chi connectivity index (χ1) is 16.4. The summed E-state index contributed by atoms with van der Waals surface area (Å²) in [4.78, 5) is 29.0. The molecule has 34 heavy (non-hydrogen) atoms. The highest BCUT2D eigenvalue weighted by Gasteiger charge is 2.31. The fourth-order valence-corrected chi connectivity index (χ4v) is 4.35. The number of thioether (sulfide) groups is 1. The molecule has 0 aliphatic carbocycles. The summed E-state index contributed by atoms with van der Waals surface area (Å²) in [6.07, 6.45) is -0.00960. The van der Waals surface area contributed by atoms with Gasteiger partial charge in [0, 0.05) is 17.1 Å². The zero-order valence-corrected chi connectivity index (χ0v) is 20.2. The molecule has 180 valence electrons. The lowest BCUT2D eigenvalue weighted by Gasteiger charge is -2.27. The maximum absolute atomic E-state index is 13.4. The van der Waals surface area contributed by atoms with Crippen LogP contribution in [-0.4, -0.2) is 49.2 Å². The van der Waals surface area contributed by atoms with Gasteiger partial charge in [0.25, 0.3) is 5.91 Å². The van der Waals surface area contributed by atoms with Crippen molar-refractivity contribution in [1.29, 1.82) is 0 Å². The molecule has 1 atom stereocenters. The maximum atomic E-state index is 13.4. The number of rotatable bonds is 9. The molecule has 0 spiro atoms. The minimum atomic E-state index is -0.889. The Balaban J connectivity index is 2.04. The van der Waals surface area contributed by atoms with E-state index in [1.165, 1.54) is 33.1 Å². The monoisotopic (exact) mass is 485 g/mol. The van der Waals surface area contributed by atoms with Crippen molar-refractivity contribution in [3.8, 4) is 17.2 Å². The zero-order valence-electron chi connectivity index (χ0n) is 19.4. The highest BCUT2D eigenvalue weighted by molar-refractivity contribution is 8.13. The van der Waals surface area contributed by atoms with E-state index in [1.807, 2.05) is 18.2 Å². The van der Waals surface area contributed by atoms with Gasteiger partial charge in [-0.1, -0.05) is 30.0 Å². The number of aliphatic imine (C=N–C) groups is 1. The molecule has 1 aliphatic rings. The first-order valence-corrected chi connectivity index (χ1v) is 11.4. The first-order valence-electron chi connectivity index (χ1n) is 10.4. The van der Waals surface area contributed by atoms with Crippen molar-refractivity contribution in [2.75, 3.05) is 32.4 Å². The quantitative estimate of drug-likeness (QED) is 0.490. The van der Waals surface area contributed by atoms with Gasteiger partial charge in [0.2, 0.25) is 5.75 Å². The van der Waals surface area contributed by atoms with E-state index in [0.29, 0.717) is 50.7 Å². The van der Waals surface area contributed by atoms with Gasteiger partial charge in [-0.05, 0) is 36.8 Å². The van der Waals surface area contributed by atoms with Crippen LogP contribution in [0, 0.1) is 0 Å². The Morgan fingerprint density at radius 2 is 1.74 bits per heavy atom. The molecule has 3 N–H and O–H groups in total. The molecule has 0 bridgehead atoms. The number of hydrogen-bond donors (Lipinski definition) is 3.